The van der Waals surface area contributed by atoms with E-state index in [0.717, 1.165) is 55.9 Å². The van der Waals surface area contributed by atoms with Crippen molar-refractivity contribution in [2.75, 3.05) is 0 Å². The molecule has 9 unspecified atom stereocenters. The molecule has 1 heterocycles. The summed E-state index contributed by atoms with van der Waals surface area (Å²) in [5, 5.41) is 18.3. The van der Waals surface area contributed by atoms with Crippen molar-refractivity contribution >= 4 is 32.1 Å². The highest BCUT2D eigenvalue weighted by Crippen LogP contribution is 2.72. The highest BCUT2D eigenvalue weighted by molar-refractivity contribution is 7.20. The van der Waals surface area contributed by atoms with Gasteiger partial charge >= 0.3 is 0 Å². The van der Waals surface area contributed by atoms with Crippen molar-refractivity contribution in [3.05, 3.63) is 47.4 Å². The number of nitriles is 1. The Labute approximate surface area is 326 Å². The largest absolute Gasteiger partial charge is 0.420 e. The number of rotatable bonds is 13. The van der Waals surface area contributed by atoms with Gasteiger partial charge in [0.1, 0.15) is 18.1 Å². The number of aliphatic imine (C=N–C) groups is 1. The number of allylic oxidation sites excluding steroid dienone is 4. The van der Waals surface area contributed by atoms with Crippen LogP contribution in [0.4, 0.5) is 0 Å². The number of fused-ring (bicyclic) bond motifs is 7. The maximum atomic E-state index is 14.1. The van der Waals surface area contributed by atoms with Crippen LogP contribution >= 0.6 is 8.86 Å². The van der Waals surface area contributed by atoms with Gasteiger partial charge in [0, 0.05) is 36.3 Å². The second kappa shape index (κ2) is 15.5. The van der Waals surface area contributed by atoms with Gasteiger partial charge in [-0.3, -0.25) is 9.79 Å². The number of carbonyl (C=O) groups is 2. The third kappa shape index (κ3) is 7.22. The zero-order valence-corrected chi connectivity index (χ0v) is 35.1. The number of Topliss-reactive ketones (excluding diaryl/α,β-unsaturated/α-hetero) is 1. The van der Waals surface area contributed by atoms with Crippen molar-refractivity contribution < 1.29 is 18.7 Å². The van der Waals surface area contributed by atoms with Crippen LogP contribution in [0.3, 0.4) is 0 Å². The number of carbonyl (C=O) groups excluding carboxylic acids is 2. The lowest BCUT2D eigenvalue weighted by Crippen LogP contribution is -2.60. The minimum absolute atomic E-state index is 0.158. The van der Waals surface area contributed by atoms with E-state index in [0.29, 0.717) is 84.1 Å². The fraction of sp³-hybridized carbons (Fsp3) is 0.711. The lowest BCUT2D eigenvalue weighted by molar-refractivity contribution is -0.177. The Morgan fingerprint density at radius 3 is 2.50 bits per heavy atom. The van der Waals surface area contributed by atoms with Crippen molar-refractivity contribution in [3.63, 3.8) is 0 Å². The number of aromatic nitrogens is 2. The molecule has 0 N–H and O–H groups in total. The van der Waals surface area contributed by atoms with E-state index in [2.05, 4.69) is 78.2 Å². The number of aldehydes is 1. The molecule has 0 saturated heterocycles. The maximum absolute atomic E-state index is 14.1. The van der Waals surface area contributed by atoms with Gasteiger partial charge in [0.25, 0.3) is 5.89 Å². The Hall–Kier alpha value is -3.01. The molecule has 0 spiro atoms. The summed E-state index contributed by atoms with van der Waals surface area (Å²) in [7, 11) is 3.75. The Morgan fingerprint density at radius 1 is 1.13 bits per heavy atom. The molecular weight excluding hydrogens is 691 g/mol. The highest BCUT2D eigenvalue weighted by atomic mass is 31.0. The summed E-state index contributed by atoms with van der Waals surface area (Å²) in [6, 6.07) is 2.09. The normalized spacial score (nSPS) is 35.5. The first-order chi connectivity index (χ1) is 25.6. The predicted molar refractivity (Wildman–Crippen MR) is 216 cm³/mol. The molecule has 1 aromatic rings. The van der Waals surface area contributed by atoms with Gasteiger partial charge in [0.15, 0.2) is 5.78 Å². The van der Waals surface area contributed by atoms with Crippen LogP contribution in [0.1, 0.15) is 144 Å². The van der Waals surface area contributed by atoms with Crippen molar-refractivity contribution in [1.29, 1.82) is 5.26 Å². The van der Waals surface area contributed by atoms with E-state index in [-0.39, 0.29) is 28.3 Å². The van der Waals surface area contributed by atoms with Gasteiger partial charge in [-0.2, -0.15) is 5.26 Å². The summed E-state index contributed by atoms with van der Waals surface area (Å²) in [5.41, 5.74) is 4.03. The van der Waals surface area contributed by atoms with Crippen molar-refractivity contribution in [1.82, 2.24) is 10.2 Å². The van der Waals surface area contributed by atoms with E-state index in [1.807, 2.05) is 13.8 Å². The quantitative estimate of drug-likeness (QED) is 0.0647. The average molecular weight is 755 g/mol. The number of nitrogens with zero attached hydrogens (tertiary/aromatic N) is 4. The molecule has 0 amide bonds. The first-order valence-electron chi connectivity index (χ1n) is 20.7. The van der Waals surface area contributed by atoms with E-state index >= 15 is 0 Å². The van der Waals surface area contributed by atoms with E-state index < -0.39 is 5.41 Å². The van der Waals surface area contributed by atoms with Crippen LogP contribution in [-0.4, -0.2) is 39.6 Å². The minimum Gasteiger partial charge on any atom is -0.420 e. The average Bonchev–Trinajstić information content (AvgIpc) is 3.70. The topological polar surface area (TPSA) is 118 Å². The van der Waals surface area contributed by atoms with Gasteiger partial charge in [0.05, 0.1) is 17.2 Å². The minimum atomic E-state index is -0.449. The summed E-state index contributed by atoms with van der Waals surface area (Å²) in [6.45, 7) is 21.7. The third-order valence-electron chi connectivity index (χ3n) is 14.9. The van der Waals surface area contributed by atoms with Crippen LogP contribution in [0.15, 0.2) is 45.0 Å². The van der Waals surface area contributed by atoms with E-state index in [9.17, 15) is 14.9 Å². The summed E-state index contributed by atoms with van der Waals surface area (Å²) in [4.78, 5) is 30.2. The molecule has 4 fully saturated rings. The molecule has 9 heteroatoms. The molecule has 9 atom stereocenters. The van der Waals surface area contributed by atoms with Gasteiger partial charge < -0.3 is 13.9 Å². The van der Waals surface area contributed by atoms with E-state index in [4.69, 9.17) is 9.15 Å². The second-order valence-electron chi connectivity index (χ2n) is 19.1. The highest BCUT2D eigenvalue weighted by Gasteiger charge is 2.65. The predicted octanol–water partition coefficient (Wildman–Crippen LogP) is 10.3. The number of hydrogen-bond donors (Lipinski definition) is 0. The standard InChI is InChI=1S/C45H63N4O4P/c1-10-12-33(47-25-29(11-2)24-46)41-49-48-37(53-41)22-45-20-16-32-30(40(45)39(27(3)4)34(51)21-45)13-14-36-43(8)19-17-35(52-38(54)23-42(6,7)26-50)28(5)31(43)15-18-44(32,36)9/h11,25-28,30-32,35-36,54H,2,10,12-23H2,1,3-9H3/b29-25+,47-33?. The fourth-order valence-electron chi connectivity index (χ4n) is 12.5. The first-order valence-corrected chi connectivity index (χ1v) is 21.2. The fourth-order valence-corrected chi connectivity index (χ4v) is 13.2. The van der Waals surface area contributed by atoms with Crippen LogP contribution in [0.5, 0.6) is 0 Å². The van der Waals surface area contributed by atoms with Gasteiger partial charge in [0.2, 0.25) is 5.89 Å². The van der Waals surface area contributed by atoms with Crippen molar-refractivity contribution in [2.24, 2.45) is 62.2 Å². The first kappa shape index (κ1) is 40.6. The Kier molecular flexibility index (Phi) is 11.7. The molecule has 5 aliphatic rings. The zero-order chi connectivity index (χ0) is 39.2. The lowest BCUT2D eigenvalue weighted by atomic mass is 9.38. The van der Waals surface area contributed by atoms with Crippen LogP contribution in [0.2, 0.25) is 0 Å². The SMILES string of the molecule is C=C/C(C#N)=C\N=C(CCC)c1nnc(CC23CCC4C(CCC5C4(C)CCC4C(C)C(OC(=P)CC(C)(C)C=O)CCC45C)C2=C(C(C)C)C(=O)C3)o1. The molecule has 292 valence electrons. The Bertz CT molecular complexity index is 1800. The van der Waals surface area contributed by atoms with Gasteiger partial charge in [-0.1, -0.05) is 88.9 Å². The number of hydrogen-bond acceptors (Lipinski definition) is 8. The molecule has 0 aromatic carbocycles. The van der Waals surface area contributed by atoms with Crippen LogP contribution in [0.25, 0.3) is 0 Å². The zero-order valence-electron chi connectivity index (χ0n) is 34.1. The van der Waals surface area contributed by atoms with E-state index in [1.165, 1.54) is 37.1 Å². The molecule has 0 bridgehead atoms. The van der Waals surface area contributed by atoms with Gasteiger partial charge in [-0.05, 0) is 110 Å². The number of ether oxygens (including phenoxy) is 1. The number of ketones is 1. The smallest absolute Gasteiger partial charge is 0.262 e. The second-order valence-corrected chi connectivity index (χ2v) is 19.6. The van der Waals surface area contributed by atoms with Crippen molar-refractivity contribution in [3.8, 4) is 6.07 Å². The molecule has 1 aromatic heterocycles. The van der Waals surface area contributed by atoms with Crippen LogP contribution in [-0.2, 0) is 20.7 Å². The molecule has 8 nitrogen and oxygen atoms in total. The van der Waals surface area contributed by atoms with Gasteiger partial charge in [-0.25, -0.2) is 0 Å². The van der Waals surface area contributed by atoms with E-state index in [1.54, 1.807) is 0 Å². The maximum Gasteiger partial charge on any atom is 0.262 e. The monoisotopic (exact) mass is 754 g/mol. The summed E-state index contributed by atoms with van der Waals surface area (Å²) < 4.78 is 12.9. The molecule has 0 aliphatic heterocycles. The van der Waals surface area contributed by atoms with Crippen LogP contribution in [0, 0.1) is 68.5 Å². The molecular formula is C45H63N4O4P. The Morgan fingerprint density at radius 2 is 1.83 bits per heavy atom. The Balaban J connectivity index is 1.25. The van der Waals surface area contributed by atoms with Gasteiger partial charge in [-0.15, -0.1) is 10.2 Å². The molecule has 0 radical (unpaired) electrons. The van der Waals surface area contributed by atoms with Crippen LogP contribution < -0.4 is 0 Å². The molecule has 4 saturated carbocycles. The lowest BCUT2D eigenvalue weighted by Gasteiger charge is -2.67. The molecule has 5 aliphatic carbocycles. The summed E-state index contributed by atoms with van der Waals surface area (Å²) >= 11 is 0. The van der Waals surface area contributed by atoms with Crippen molar-refractivity contribution in [2.45, 2.75) is 145 Å². The summed E-state index contributed by atoms with van der Waals surface area (Å²) in [6.07, 6.45) is 16.3. The molecule has 6 rings (SSSR count). The third-order valence-corrected chi connectivity index (χ3v) is 15.2. The molecule has 54 heavy (non-hydrogen) atoms. The summed E-state index contributed by atoms with van der Waals surface area (Å²) in [5.74, 6) is 4.02.